The maximum atomic E-state index is 5.88. The first-order valence-corrected chi connectivity index (χ1v) is 6.78. The second kappa shape index (κ2) is 7.25. The zero-order valence-corrected chi connectivity index (χ0v) is 11.2. The van der Waals surface area contributed by atoms with Crippen molar-refractivity contribution >= 4 is 0 Å². The molecule has 0 aromatic rings. The fourth-order valence-electron chi connectivity index (χ4n) is 2.25. The van der Waals surface area contributed by atoms with Gasteiger partial charge in [0, 0.05) is 18.1 Å². The summed E-state index contributed by atoms with van der Waals surface area (Å²) in [6.07, 6.45) is 6.22. The second-order valence-electron chi connectivity index (χ2n) is 5.51. The first-order chi connectivity index (χ1) is 7.59. The summed E-state index contributed by atoms with van der Waals surface area (Å²) < 4.78 is 0. The number of unbranched alkanes of at least 4 members (excludes halogenated alkanes) is 1. The Morgan fingerprint density at radius 1 is 1.31 bits per heavy atom. The molecule has 3 N–H and O–H groups in total. The van der Waals surface area contributed by atoms with E-state index < -0.39 is 0 Å². The Balaban J connectivity index is 1.92. The lowest BCUT2D eigenvalue weighted by molar-refractivity contribution is 0.267. The molecule has 1 aliphatic carbocycles. The SMILES string of the molecule is CC(C)N(C)CCCCNC1CCC(N)C1. The minimum Gasteiger partial charge on any atom is -0.328 e. The molecule has 3 heteroatoms. The second-order valence-corrected chi connectivity index (χ2v) is 5.51. The Morgan fingerprint density at radius 2 is 2.06 bits per heavy atom. The van der Waals surface area contributed by atoms with Gasteiger partial charge in [0.05, 0.1) is 0 Å². The van der Waals surface area contributed by atoms with Gasteiger partial charge in [-0.3, -0.25) is 0 Å². The Morgan fingerprint density at radius 3 is 2.62 bits per heavy atom. The van der Waals surface area contributed by atoms with Crippen molar-refractivity contribution in [2.75, 3.05) is 20.1 Å². The van der Waals surface area contributed by atoms with Gasteiger partial charge < -0.3 is 16.0 Å². The number of nitrogens with zero attached hydrogens (tertiary/aromatic N) is 1. The summed E-state index contributed by atoms with van der Waals surface area (Å²) in [4.78, 5) is 2.41. The van der Waals surface area contributed by atoms with Gasteiger partial charge in [0.15, 0.2) is 0 Å². The number of nitrogens with one attached hydrogen (secondary N) is 1. The first kappa shape index (κ1) is 13.9. The topological polar surface area (TPSA) is 41.3 Å². The molecule has 0 aromatic heterocycles. The third-order valence-corrected chi connectivity index (χ3v) is 3.73. The molecule has 1 fully saturated rings. The van der Waals surface area contributed by atoms with Crippen molar-refractivity contribution < 1.29 is 0 Å². The molecule has 16 heavy (non-hydrogen) atoms. The average molecular weight is 227 g/mol. The minimum atomic E-state index is 0.449. The summed E-state index contributed by atoms with van der Waals surface area (Å²) in [5.74, 6) is 0. The lowest BCUT2D eigenvalue weighted by Crippen LogP contribution is -2.30. The van der Waals surface area contributed by atoms with Crippen LogP contribution in [0.2, 0.25) is 0 Å². The van der Waals surface area contributed by atoms with E-state index in [9.17, 15) is 0 Å². The maximum Gasteiger partial charge on any atom is 0.00823 e. The van der Waals surface area contributed by atoms with E-state index >= 15 is 0 Å². The predicted molar refractivity (Wildman–Crippen MR) is 70.6 cm³/mol. The molecule has 0 radical (unpaired) electrons. The minimum absolute atomic E-state index is 0.449. The van der Waals surface area contributed by atoms with Gasteiger partial charge in [-0.25, -0.2) is 0 Å². The van der Waals surface area contributed by atoms with Gasteiger partial charge in [0.1, 0.15) is 0 Å². The molecular formula is C13H29N3. The molecule has 0 heterocycles. The van der Waals surface area contributed by atoms with E-state index in [0.29, 0.717) is 18.1 Å². The average Bonchev–Trinajstić information content (AvgIpc) is 2.63. The number of nitrogens with two attached hydrogens (primary N) is 1. The smallest absolute Gasteiger partial charge is 0.00823 e. The monoisotopic (exact) mass is 227 g/mol. The van der Waals surface area contributed by atoms with Crippen LogP contribution >= 0.6 is 0 Å². The number of hydrogen-bond acceptors (Lipinski definition) is 3. The molecule has 96 valence electrons. The number of rotatable bonds is 7. The molecule has 1 saturated carbocycles. The molecule has 0 spiro atoms. The fourth-order valence-corrected chi connectivity index (χ4v) is 2.25. The molecule has 0 aliphatic heterocycles. The Hall–Kier alpha value is -0.120. The zero-order chi connectivity index (χ0) is 12.0. The Labute approximate surface area is 101 Å². The molecule has 0 amide bonds. The molecule has 1 aliphatic rings. The molecule has 0 saturated heterocycles. The summed E-state index contributed by atoms with van der Waals surface area (Å²) in [5, 5.41) is 3.62. The van der Waals surface area contributed by atoms with E-state index in [1.165, 1.54) is 38.6 Å². The van der Waals surface area contributed by atoms with Gasteiger partial charge in [-0.2, -0.15) is 0 Å². The summed E-state index contributed by atoms with van der Waals surface area (Å²) >= 11 is 0. The van der Waals surface area contributed by atoms with Crippen molar-refractivity contribution in [2.45, 2.75) is 64.1 Å². The Bertz CT molecular complexity index is 182. The van der Waals surface area contributed by atoms with Gasteiger partial charge in [-0.1, -0.05) is 0 Å². The predicted octanol–water partition coefficient (Wildman–Crippen LogP) is 1.58. The van der Waals surface area contributed by atoms with Gasteiger partial charge in [-0.15, -0.1) is 0 Å². The highest BCUT2D eigenvalue weighted by Crippen LogP contribution is 2.16. The molecule has 2 atom stereocenters. The van der Waals surface area contributed by atoms with Crippen LogP contribution in [0, 0.1) is 0 Å². The van der Waals surface area contributed by atoms with Crippen molar-refractivity contribution in [3.05, 3.63) is 0 Å². The summed E-state index contributed by atoms with van der Waals surface area (Å²) in [5.41, 5.74) is 5.88. The first-order valence-electron chi connectivity index (χ1n) is 6.78. The number of hydrogen-bond donors (Lipinski definition) is 2. The molecule has 0 bridgehead atoms. The zero-order valence-electron chi connectivity index (χ0n) is 11.2. The van der Waals surface area contributed by atoms with Crippen LogP contribution in [0.4, 0.5) is 0 Å². The maximum absolute atomic E-state index is 5.88. The largest absolute Gasteiger partial charge is 0.328 e. The molecular weight excluding hydrogens is 198 g/mol. The van der Waals surface area contributed by atoms with Crippen molar-refractivity contribution in [3.63, 3.8) is 0 Å². The molecule has 2 unspecified atom stereocenters. The van der Waals surface area contributed by atoms with Crippen LogP contribution in [0.3, 0.4) is 0 Å². The standard InChI is InChI=1S/C13H29N3/c1-11(2)16(3)9-5-4-8-15-13-7-6-12(14)10-13/h11-13,15H,4-10,14H2,1-3H3. The van der Waals surface area contributed by atoms with Gasteiger partial charge in [-0.05, 0) is 66.1 Å². The fraction of sp³-hybridized carbons (Fsp3) is 1.00. The highest BCUT2D eigenvalue weighted by atomic mass is 15.1. The van der Waals surface area contributed by atoms with Gasteiger partial charge in [0.2, 0.25) is 0 Å². The third kappa shape index (κ3) is 5.28. The quantitative estimate of drug-likeness (QED) is 0.649. The molecule has 3 nitrogen and oxygen atoms in total. The van der Waals surface area contributed by atoms with E-state index in [1.807, 2.05) is 0 Å². The molecule has 1 rings (SSSR count). The Kier molecular flexibility index (Phi) is 6.32. The van der Waals surface area contributed by atoms with Crippen molar-refractivity contribution in [1.29, 1.82) is 0 Å². The van der Waals surface area contributed by atoms with Gasteiger partial charge in [0.25, 0.3) is 0 Å². The van der Waals surface area contributed by atoms with E-state index in [0.717, 1.165) is 6.54 Å². The highest BCUT2D eigenvalue weighted by Gasteiger charge is 2.20. The van der Waals surface area contributed by atoms with Crippen LogP contribution < -0.4 is 11.1 Å². The third-order valence-electron chi connectivity index (χ3n) is 3.73. The van der Waals surface area contributed by atoms with E-state index in [4.69, 9.17) is 5.73 Å². The van der Waals surface area contributed by atoms with Crippen LogP contribution in [0.5, 0.6) is 0 Å². The highest BCUT2D eigenvalue weighted by molar-refractivity contribution is 4.82. The molecule has 0 aromatic carbocycles. The van der Waals surface area contributed by atoms with Crippen LogP contribution in [0.1, 0.15) is 46.0 Å². The summed E-state index contributed by atoms with van der Waals surface area (Å²) in [6, 6.07) is 1.81. The van der Waals surface area contributed by atoms with Crippen LogP contribution in [0.25, 0.3) is 0 Å². The lowest BCUT2D eigenvalue weighted by Gasteiger charge is -2.21. The van der Waals surface area contributed by atoms with Crippen LogP contribution in [-0.2, 0) is 0 Å². The van der Waals surface area contributed by atoms with E-state index in [1.54, 1.807) is 0 Å². The van der Waals surface area contributed by atoms with E-state index in [2.05, 4.69) is 31.1 Å². The van der Waals surface area contributed by atoms with Crippen molar-refractivity contribution in [1.82, 2.24) is 10.2 Å². The van der Waals surface area contributed by atoms with Gasteiger partial charge >= 0.3 is 0 Å². The van der Waals surface area contributed by atoms with Crippen LogP contribution in [0.15, 0.2) is 0 Å². The lowest BCUT2D eigenvalue weighted by atomic mass is 10.2. The summed E-state index contributed by atoms with van der Waals surface area (Å²) in [7, 11) is 2.20. The van der Waals surface area contributed by atoms with E-state index in [-0.39, 0.29) is 0 Å². The van der Waals surface area contributed by atoms with Crippen molar-refractivity contribution in [3.8, 4) is 0 Å². The van der Waals surface area contributed by atoms with Crippen LogP contribution in [-0.4, -0.2) is 43.2 Å². The summed E-state index contributed by atoms with van der Waals surface area (Å²) in [6.45, 7) is 6.86. The van der Waals surface area contributed by atoms with Crippen molar-refractivity contribution in [2.24, 2.45) is 5.73 Å². The normalized spacial score (nSPS) is 25.9.